The van der Waals surface area contributed by atoms with Gasteiger partial charge in [0.05, 0.1) is 0 Å². The molecule has 1 aliphatic rings. The molecule has 0 fully saturated rings. The first kappa shape index (κ1) is 14.1. The van der Waals surface area contributed by atoms with Gasteiger partial charge in [-0.25, -0.2) is 0 Å². The van der Waals surface area contributed by atoms with E-state index in [2.05, 4.69) is 50.2 Å². The van der Waals surface area contributed by atoms with Gasteiger partial charge in [-0.3, -0.25) is 0 Å². The minimum absolute atomic E-state index is 0.151. The van der Waals surface area contributed by atoms with E-state index in [0.717, 1.165) is 32.0 Å². The maximum Gasteiger partial charge on any atom is 0.123 e. The molecule has 1 nitrogen and oxygen atoms in total. The quantitative estimate of drug-likeness (QED) is 0.624. The monoisotopic (exact) mass is 278 g/mol. The summed E-state index contributed by atoms with van der Waals surface area (Å²) in [6.45, 7) is 4.28. The third-order valence-electron chi connectivity index (χ3n) is 4.63. The Balaban J connectivity index is 1.90. The molecule has 21 heavy (non-hydrogen) atoms. The topological polar surface area (TPSA) is 17.1 Å². The molecule has 1 aliphatic carbocycles. The highest BCUT2D eigenvalue weighted by Crippen LogP contribution is 2.37. The second-order valence-corrected chi connectivity index (χ2v) is 6.02. The Morgan fingerprint density at radius 3 is 2.19 bits per heavy atom. The van der Waals surface area contributed by atoms with Crippen LogP contribution in [0.3, 0.4) is 0 Å². The van der Waals surface area contributed by atoms with Crippen molar-refractivity contribution >= 4 is 6.29 Å². The highest BCUT2D eigenvalue weighted by Gasteiger charge is 2.19. The fraction of sp³-hybridized carbons (Fsp3) is 0.350. The van der Waals surface area contributed by atoms with Gasteiger partial charge in [0.1, 0.15) is 6.29 Å². The van der Waals surface area contributed by atoms with Crippen LogP contribution in [-0.4, -0.2) is 6.29 Å². The van der Waals surface area contributed by atoms with Gasteiger partial charge < -0.3 is 4.79 Å². The summed E-state index contributed by atoms with van der Waals surface area (Å²) in [5.74, 6) is 0.151. The van der Waals surface area contributed by atoms with E-state index in [9.17, 15) is 4.79 Å². The van der Waals surface area contributed by atoms with Crippen LogP contribution in [0.15, 0.2) is 36.4 Å². The fourth-order valence-electron chi connectivity index (χ4n) is 3.26. The van der Waals surface area contributed by atoms with Crippen molar-refractivity contribution in [1.29, 1.82) is 0 Å². The highest BCUT2D eigenvalue weighted by molar-refractivity contribution is 5.77. The van der Waals surface area contributed by atoms with Crippen molar-refractivity contribution in [2.45, 2.75) is 39.5 Å². The summed E-state index contributed by atoms with van der Waals surface area (Å²) in [5.41, 5.74) is 8.32. The van der Waals surface area contributed by atoms with E-state index in [1.807, 2.05) is 0 Å². The zero-order valence-corrected chi connectivity index (χ0v) is 12.9. The minimum atomic E-state index is 0.151. The standard InChI is InChI=1S/C20H22O/c1-3-14-5-7-19-17(10-14)12-18-11-16(6-8-20(18)19)9-15(4-2)13-21/h5-8,10-11,13,15H,3-4,9,12H2,1-2H3. The SMILES string of the molecule is CCc1ccc2c(c1)Cc1cc(CC(C=O)CC)ccc1-2. The van der Waals surface area contributed by atoms with Gasteiger partial charge in [0.2, 0.25) is 0 Å². The largest absolute Gasteiger partial charge is 0.303 e. The number of benzene rings is 2. The van der Waals surface area contributed by atoms with E-state index in [-0.39, 0.29) is 5.92 Å². The van der Waals surface area contributed by atoms with Crippen LogP contribution in [0, 0.1) is 5.92 Å². The minimum Gasteiger partial charge on any atom is -0.303 e. The van der Waals surface area contributed by atoms with Crippen molar-refractivity contribution in [3.63, 3.8) is 0 Å². The molecule has 0 amide bonds. The van der Waals surface area contributed by atoms with Gasteiger partial charge in [-0.2, -0.15) is 0 Å². The average molecular weight is 278 g/mol. The van der Waals surface area contributed by atoms with Crippen LogP contribution in [0.5, 0.6) is 0 Å². The van der Waals surface area contributed by atoms with Gasteiger partial charge in [0.15, 0.2) is 0 Å². The Morgan fingerprint density at radius 1 is 1.00 bits per heavy atom. The number of hydrogen-bond acceptors (Lipinski definition) is 1. The van der Waals surface area contributed by atoms with Gasteiger partial charge in [0, 0.05) is 5.92 Å². The molecule has 2 aromatic carbocycles. The Kier molecular flexibility index (Phi) is 3.92. The molecule has 0 saturated heterocycles. The molecule has 0 saturated carbocycles. The lowest BCUT2D eigenvalue weighted by Crippen LogP contribution is -2.04. The molecule has 0 aliphatic heterocycles. The van der Waals surface area contributed by atoms with Crippen LogP contribution in [-0.2, 0) is 24.1 Å². The van der Waals surface area contributed by atoms with E-state index in [1.54, 1.807) is 0 Å². The Morgan fingerprint density at radius 2 is 1.62 bits per heavy atom. The molecule has 1 atom stereocenters. The summed E-state index contributed by atoms with van der Waals surface area (Å²) in [6.07, 6.45) is 5.00. The van der Waals surface area contributed by atoms with Gasteiger partial charge in [-0.15, -0.1) is 0 Å². The predicted octanol–water partition coefficient (Wildman–Crippen LogP) is 4.59. The number of fused-ring (bicyclic) bond motifs is 3. The zero-order chi connectivity index (χ0) is 14.8. The van der Waals surface area contributed by atoms with Crippen molar-refractivity contribution in [2.75, 3.05) is 0 Å². The zero-order valence-electron chi connectivity index (χ0n) is 12.9. The summed E-state index contributed by atoms with van der Waals surface area (Å²) in [7, 11) is 0. The number of rotatable bonds is 5. The van der Waals surface area contributed by atoms with Crippen LogP contribution in [0.2, 0.25) is 0 Å². The Hall–Kier alpha value is -1.89. The molecule has 0 heterocycles. The van der Waals surface area contributed by atoms with Gasteiger partial charge in [0.25, 0.3) is 0 Å². The summed E-state index contributed by atoms with van der Waals surface area (Å²) in [4.78, 5) is 11.0. The van der Waals surface area contributed by atoms with Gasteiger partial charge in [-0.1, -0.05) is 50.2 Å². The third kappa shape index (κ3) is 2.65. The van der Waals surface area contributed by atoms with Crippen molar-refractivity contribution in [1.82, 2.24) is 0 Å². The van der Waals surface area contributed by atoms with E-state index < -0.39 is 0 Å². The van der Waals surface area contributed by atoms with Crippen molar-refractivity contribution in [2.24, 2.45) is 5.92 Å². The molecule has 0 bridgehead atoms. The normalized spacial score (nSPS) is 13.6. The summed E-state index contributed by atoms with van der Waals surface area (Å²) >= 11 is 0. The lowest BCUT2D eigenvalue weighted by Gasteiger charge is -2.09. The van der Waals surface area contributed by atoms with E-state index in [1.165, 1.54) is 33.4 Å². The summed E-state index contributed by atoms with van der Waals surface area (Å²) < 4.78 is 0. The fourth-order valence-corrected chi connectivity index (χ4v) is 3.26. The maximum atomic E-state index is 11.0. The molecular formula is C20H22O. The van der Waals surface area contributed by atoms with Crippen LogP contribution in [0.25, 0.3) is 11.1 Å². The molecule has 0 radical (unpaired) electrons. The molecule has 0 N–H and O–H groups in total. The first-order chi connectivity index (χ1) is 10.2. The molecular weight excluding hydrogens is 256 g/mol. The molecule has 3 rings (SSSR count). The van der Waals surface area contributed by atoms with Crippen LogP contribution < -0.4 is 0 Å². The molecule has 1 unspecified atom stereocenters. The molecule has 2 aromatic rings. The van der Waals surface area contributed by atoms with E-state index >= 15 is 0 Å². The first-order valence-electron chi connectivity index (χ1n) is 7.94. The summed E-state index contributed by atoms with van der Waals surface area (Å²) in [6, 6.07) is 13.6. The third-order valence-corrected chi connectivity index (χ3v) is 4.63. The highest BCUT2D eigenvalue weighted by atomic mass is 16.1. The van der Waals surface area contributed by atoms with Crippen molar-refractivity contribution in [3.05, 3.63) is 58.7 Å². The second-order valence-electron chi connectivity index (χ2n) is 6.02. The van der Waals surface area contributed by atoms with Gasteiger partial charge in [-0.05, 0) is 59.1 Å². The van der Waals surface area contributed by atoms with Crippen LogP contribution >= 0.6 is 0 Å². The summed E-state index contributed by atoms with van der Waals surface area (Å²) in [5, 5.41) is 0. The molecule has 0 spiro atoms. The number of aldehydes is 1. The first-order valence-corrected chi connectivity index (χ1v) is 7.94. The molecule has 108 valence electrons. The van der Waals surface area contributed by atoms with E-state index in [0.29, 0.717) is 0 Å². The number of carbonyl (C=O) groups excluding carboxylic acids is 1. The maximum absolute atomic E-state index is 11.0. The Bertz CT molecular complexity index is 670. The van der Waals surface area contributed by atoms with Crippen molar-refractivity contribution < 1.29 is 4.79 Å². The van der Waals surface area contributed by atoms with Gasteiger partial charge >= 0.3 is 0 Å². The number of hydrogen-bond donors (Lipinski definition) is 0. The smallest absolute Gasteiger partial charge is 0.123 e. The lowest BCUT2D eigenvalue weighted by molar-refractivity contribution is -0.111. The van der Waals surface area contributed by atoms with Crippen LogP contribution in [0.4, 0.5) is 0 Å². The number of aryl methyl sites for hydroxylation is 1. The van der Waals surface area contributed by atoms with Crippen molar-refractivity contribution in [3.8, 4) is 11.1 Å². The Labute approximate surface area is 127 Å². The molecule has 1 heteroatoms. The van der Waals surface area contributed by atoms with Crippen LogP contribution in [0.1, 0.15) is 42.5 Å². The second kappa shape index (κ2) is 5.85. The number of carbonyl (C=O) groups is 1. The lowest BCUT2D eigenvalue weighted by atomic mass is 9.95. The average Bonchev–Trinajstić information content (AvgIpc) is 2.88. The predicted molar refractivity (Wildman–Crippen MR) is 87.6 cm³/mol. The molecule has 0 aromatic heterocycles. The van der Waals surface area contributed by atoms with E-state index in [4.69, 9.17) is 0 Å².